The minimum absolute atomic E-state index is 0. The Morgan fingerprint density at radius 1 is 0.429 bits per heavy atom. The van der Waals surface area contributed by atoms with Crippen molar-refractivity contribution in [3.8, 4) is 0 Å². The van der Waals surface area contributed by atoms with E-state index in [2.05, 4.69) is 0 Å². The zero-order valence-electron chi connectivity index (χ0n) is 7.63. The zero-order valence-corrected chi connectivity index (χ0v) is 17.5. The Hall–Kier alpha value is 4.92. The first-order chi connectivity index (χ1) is 0. The van der Waals surface area contributed by atoms with E-state index in [-0.39, 0.29) is 161 Å². The summed E-state index contributed by atoms with van der Waals surface area (Å²) in [5, 5.41) is 0. The molecule has 0 aliphatic carbocycles. The average Bonchev–Trinajstić information content (AvgIpc) is 0. The smallest absolute Gasteiger partial charge is 1.00 e. The first-order valence-corrected chi connectivity index (χ1v) is 0. The van der Waals surface area contributed by atoms with Gasteiger partial charge in [-0.15, -0.1) is 67.9 Å². The van der Waals surface area contributed by atoms with E-state index in [1.54, 1.807) is 0 Å². The minimum Gasteiger partial charge on any atom is -1.00 e. The van der Waals surface area contributed by atoms with Crippen LogP contribution in [0, 0.1) is 0 Å². The molecule has 0 atom stereocenters. The molecule has 0 bridgehead atoms. The fraction of sp³-hybridized carbons (Fsp3) is 0. The molecule has 0 rings (SSSR count). The van der Waals surface area contributed by atoms with Gasteiger partial charge in [0.15, 0.2) is 0 Å². The summed E-state index contributed by atoms with van der Waals surface area (Å²) in [6, 6.07) is 0. The first-order valence-electron chi connectivity index (χ1n) is 0. The molecule has 0 heterocycles. The third kappa shape index (κ3) is 35.9. The van der Waals surface area contributed by atoms with Gasteiger partial charge in [-0.2, -0.15) is 0 Å². The predicted molar refractivity (Wildman–Crippen MR) is 44.6 cm³/mol. The van der Waals surface area contributed by atoms with Gasteiger partial charge in [0.05, 0.1) is 0 Å². The van der Waals surface area contributed by atoms with Gasteiger partial charge in [-0.3, -0.25) is 0 Å². The molecule has 0 N–H and O–H groups in total. The predicted octanol–water partition coefficient (Wildman–Crippen LogP) is -6.34. The van der Waals surface area contributed by atoms with Crippen LogP contribution < -0.4 is 88.7 Å². The van der Waals surface area contributed by atoms with Gasteiger partial charge in [0.1, 0.15) is 0 Å². The van der Waals surface area contributed by atoms with Crippen molar-refractivity contribution < 1.29 is 93.0 Å². The molecular weight excluding hydrogens is 389 g/mol. The van der Waals surface area contributed by atoms with E-state index < -0.39 is 0 Å². The van der Waals surface area contributed by atoms with Crippen LogP contribution in [-0.2, 0) is 0 Å². The van der Waals surface area contributed by atoms with Gasteiger partial charge in [-0.25, -0.2) is 0 Å². The topological polar surface area (TPSA) is 0 Å². The molecule has 0 radical (unpaired) electrons. The SMILES string of the molecule is Br.Br.Br.Br.[H-].[H-].[H-].[Na+].[Na+].[Na+]. The molecule has 0 aromatic rings. The van der Waals surface area contributed by atoms with E-state index in [1.165, 1.54) is 0 Å². The normalized spacial score (nSPS) is 0. The Morgan fingerprint density at radius 3 is 0.429 bits per heavy atom. The fourth-order valence-electron chi connectivity index (χ4n) is 0. The zero-order chi connectivity index (χ0) is 0. The summed E-state index contributed by atoms with van der Waals surface area (Å²) in [6.45, 7) is 0. The molecule has 0 aromatic heterocycles. The van der Waals surface area contributed by atoms with Crippen LogP contribution >= 0.6 is 67.9 Å². The number of hydrogen-bond acceptors (Lipinski definition) is 0. The van der Waals surface area contributed by atoms with Gasteiger partial charge in [-0.05, 0) is 0 Å². The second-order valence-electron chi connectivity index (χ2n) is 0. The Kier molecular flexibility index (Phi) is 372. The van der Waals surface area contributed by atoms with E-state index in [0.717, 1.165) is 0 Å². The van der Waals surface area contributed by atoms with Gasteiger partial charge < -0.3 is 4.28 Å². The standard InChI is InChI=1S/4BrH.3Na.3H/h4*1H;;;;;;/q;;;;3*+1;3*-1. The van der Waals surface area contributed by atoms with Crippen LogP contribution in [0.15, 0.2) is 0 Å². The Labute approximate surface area is 157 Å². The molecule has 7 heavy (non-hydrogen) atoms. The molecule has 0 nitrogen and oxygen atoms in total. The third-order valence-corrected chi connectivity index (χ3v) is 0. The maximum atomic E-state index is 0. The molecule has 38 valence electrons. The Morgan fingerprint density at radius 2 is 0.429 bits per heavy atom. The van der Waals surface area contributed by atoms with Crippen LogP contribution in [0.3, 0.4) is 0 Å². The van der Waals surface area contributed by atoms with Gasteiger partial charge in [0.2, 0.25) is 0 Å². The summed E-state index contributed by atoms with van der Waals surface area (Å²) in [5.41, 5.74) is 0. The van der Waals surface area contributed by atoms with Gasteiger partial charge in [0, 0.05) is 0 Å². The number of rotatable bonds is 0. The molecule has 0 aliphatic heterocycles. The summed E-state index contributed by atoms with van der Waals surface area (Å²) in [4.78, 5) is 0. The average molecular weight is 396 g/mol. The summed E-state index contributed by atoms with van der Waals surface area (Å²) in [7, 11) is 0. The molecule has 0 aliphatic rings. The van der Waals surface area contributed by atoms with Crippen LogP contribution in [0.5, 0.6) is 0 Å². The van der Waals surface area contributed by atoms with Gasteiger partial charge in [-0.1, -0.05) is 0 Å². The second kappa shape index (κ2) is 44.4. The number of hydrogen-bond donors (Lipinski definition) is 0. The van der Waals surface area contributed by atoms with Crippen molar-refractivity contribution in [2.75, 3.05) is 0 Å². The van der Waals surface area contributed by atoms with Crippen molar-refractivity contribution in [2.45, 2.75) is 0 Å². The second-order valence-corrected chi connectivity index (χ2v) is 0. The molecule has 0 saturated carbocycles. The van der Waals surface area contributed by atoms with Gasteiger partial charge >= 0.3 is 88.7 Å². The number of halogens is 4. The van der Waals surface area contributed by atoms with E-state index in [0.29, 0.717) is 0 Å². The molecule has 0 amide bonds. The van der Waals surface area contributed by atoms with E-state index in [9.17, 15) is 0 Å². The monoisotopic (exact) mass is 392 g/mol. The molecule has 0 fully saturated rings. The van der Waals surface area contributed by atoms with Crippen molar-refractivity contribution in [3.63, 3.8) is 0 Å². The molecule has 0 aromatic carbocycles. The van der Waals surface area contributed by atoms with Crippen LogP contribution in [0.4, 0.5) is 0 Å². The molecule has 7 heteroatoms. The maximum absolute atomic E-state index is 0. The Balaban J connectivity index is 0. The molecule has 0 unspecified atom stereocenters. The van der Waals surface area contributed by atoms with Crippen molar-refractivity contribution in [2.24, 2.45) is 0 Å². The van der Waals surface area contributed by atoms with Crippen LogP contribution in [0.2, 0.25) is 0 Å². The summed E-state index contributed by atoms with van der Waals surface area (Å²) in [5.74, 6) is 0. The van der Waals surface area contributed by atoms with Crippen molar-refractivity contribution >= 4 is 67.9 Å². The van der Waals surface area contributed by atoms with Crippen LogP contribution in [-0.4, -0.2) is 0 Å². The summed E-state index contributed by atoms with van der Waals surface area (Å²) >= 11 is 0. The minimum atomic E-state index is 0. The Bertz CT molecular complexity index is 15.7. The van der Waals surface area contributed by atoms with Crippen molar-refractivity contribution in [1.29, 1.82) is 0 Å². The first kappa shape index (κ1) is 58.7. The van der Waals surface area contributed by atoms with E-state index in [1.807, 2.05) is 0 Å². The summed E-state index contributed by atoms with van der Waals surface area (Å²) < 4.78 is 0. The van der Waals surface area contributed by atoms with E-state index >= 15 is 0 Å². The largest absolute Gasteiger partial charge is 1.00 e. The van der Waals surface area contributed by atoms with Crippen molar-refractivity contribution in [3.05, 3.63) is 0 Å². The fourth-order valence-corrected chi connectivity index (χ4v) is 0. The van der Waals surface area contributed by atoms with E-state index in [4.69, 9.17) is 0 Å². The van der Waals surface area contributed by atoms with Crippen molar-refractivity contribution in [1.82, 2.24) is 0 Å². The molecule has 0 spiro atoms. The van der Waals surface area contributed by atoms with Crippen LogP contribution in [0.1, 0.15) is 4.28 Å². The van der Waals surface area contributed by atoms with Gasteiger partial charge in [0.25, 0.3) is 0 Å². The summed E-state index contributed by atoms with van der Waals surface area (Å²) in [6.07, 6.45) is 0. The molecule has 0 saturated heterocycles. The quantitative estimate of drug-likeness (QED) is 0.358. The third-order valence-electron chi connectivity index (χ3n) is 0. The maximum Gasteiger partial charge on any atom is 1.00 e. The molecular formula is H7Br4Na3. The van der Waals surface area contributed by atoms with Crippen LogP contribution in [0.25, 0.3) is 0 Å².